The van der Waals surface area contributed by atoms with Gasteiger partial charge in [0.2, 0.25) is 0 Å². The van der Waals surface area contributed by atoms with Crippen LogP contribution in [0.1, 0.15) is 26.3 Å². The monoisotopic (exact) mass is 343 g/mol. The van der Waals surface area contributed by atoms with Gasteiger partial charge >= 0.3 is 6.61 Å². The fraction of sp³-hybridized carbons (Fsp3) is 0.588. The third-order valence-electron chi connectivity index (χ3n) is 3.11. The molecule has 0 saturated carbocycles. The maximum atomic E-state index is 12.4. The lowest BCUT2D eigenvalue weighted by Gasteiger charge is -2.13. The Morgan fingerprint density at radius 2 is 1.96 bits per heavy atom. The lowest BCUT2D eigenvalue weighted by atomic mass is 10.1. The third kappa shape index (κ3) is 7.48. The van der Waals surface area contributed by atoms with Gasteiger partial charge in [-0.15, -0.1) is 0 Å². The van der Waals surface area contributed by atoms with Gasteiger partial charge in [-0.25, -0.2) is 0 Å². The van der Waals surface area contributed by atoms with Crippen molar-refractivity contribution in [2.24, 2.45) is 10.9 Å². The van der Waals surface area contributed by atoms with Gasteiger partial charge in [-0.05, 0) is 37.0 Å². The fourth-order valence-corrected chi connectivity index (χ4v) is 2.01. The van der Waals surface area contributed by atoms with Crippen molar-refractivity contribution in [2.45, 2.75) is 33.8 Å². The summed E-state index contributed by atoms with van der Waals surface area (Å²) in [6, 6.07) is 5.03. The van der Waals surface area contributed by atoms with Crippen molar-refractivity contribution in [1.29, 1.82) is 0 Å². The van der Waals surface area contributed by atoms with E-state index in [1.807, 2.05) is 13.0 Å². The van der Waals surface area contributed by atoms with Crippen LogP contribution in [0.2, 0.25) is 0 Å². The summed E-state index contributed by atoms with van der Waals surface area (Å²) in [6.45, 7) is 5.48. The fourth-order valence-electron chi connectivity index (χ4n) is 2.01. The molecule has 0 heterocycles. The lowest BCUT2D eigenvalue weighted by Crippen LogP contribution is -2.38. The topological polar surface area (TPSA) is 54.9 Å². The highest BCUT2D eigenvalue weighted by Crippen LogP contribution is 2.29. The average Bonchev–Trinajstić information content (AvgIpc) is 2.52. The summed E-state index contributed by atoms with van der Waals surface area (Å²) in [7, 11) is 1.42. The summed E-state index contributed by atoms with van der Waals surface area (Å²) in [5.74, 6) is 1.57. The van der Waals surface area contributed by atoms with Gasteiger partial charge in [0.05, 0.1) is 7.11 Å². The van der Waals surface area contributed by atoms with Gasteiger partial charge in [0.1, 0.15) is 0 Å². The van der Waals surface area contributed by atoms with Crippen LogP contribution < -0.4 is 20.1 Å². The average molecular weight is 343 g/mol. The molecule has 0 spiro atoms. The van der Waals surface area contributed by atoms with E-state index in [0.29, 0.717) is 24.6 Å². The zero-order chi connectivity index (χ0) is 17.9. The molecule has 5 nitrogen and oxygen atoms in total. The second-order valence-electron chi connectivity index (χ2n) is 5.65. The Morgan fingerprint density at radius 1 is 1.21 bits per heavy atom. The Labute approximate surface area is 142 Å². The van der Waals surface area contributed by atoms with Crippen molar-refractivity contribution >= 4 is 5.96 Å². The summed E-state index contributed by atoms with van der Waals surface area (Å²) in [5.41, 5.74) is 0.874. The van der Waals surface area contributed by atoms with Crippen LogP contribution in [0.5, 0.6) is 11.5 Å². The predicted octanol–water partition coefficient (Wildman–Crippen LogP) is 3.05. The Morgan fingerprint density at radius 3 is 2.54 bits per heavy atom. The molecule has 0 aliphatic rings. The number of rotatable bonds is 9. The first kappa shape index (κ1) is 20.0. The quantitative estimate of drug-likeness (QED) is 0.534. The molecule has 0 amide bonds. The van der Waals surface area contributed by atoms with Crippen LogP contribution >= 0.6 is 0 Å². The number of ether oxygens (including phenoxy) is 2. The zero-order valence-electron chi connectivity index (χ0n) is 14.7. The molecule has 0 atom stereocenters. The molecule has 136 valence electrons. The minimum Gasteiger partial charge on any atom is -0.493 e. The van der Waals surface area contributed by atoms with Gasteiger partial charge in [0.25, 0.3) is 0 Å². The molecule has 0 aliphatic carbocycles. The van der Waals surface area contributed by atoms with E-state index in [1.54, 1.807) is 12.1 Å². The van der Waals surface area contributed by atoms with E-state index in [9.17, 15) is 8.78 Å². The Bertz CT molecular complexity index is 523. The van der Waals surface area contributed by atoms with Gasteiger partial charge in [-0.2, -0.15) is 8.78 Å². The number of guanidine groups is 1. The lowest BCUT2D eigenvalue weighted by molar-refractivity contribution is -0.0512. The number of hydrogen-bond donors (Lipinski definition) is 2. The van der Waals surface area contributed by atoms with Crippen molar-refractivity contribution in [3.05, 3.63) is 23.8 Å². The summed E-state index contributed by atoms with van der Waals surface area (Å²) < 4.78 is 34.4. The van der Waals surface area contributed by atoms with Crippen LogP contribution in [0.15, 0.2) is 23.2 Å². The first-order chi connectivity index (χ1) is 11.5. The second-order valence-corrected chi connectivity index (χ2v) is 5.65. The van der Waals surface area contributed by atoms with Crippen molar-refractivity contribution in [3.63, 3.8) is 0 Å². The SMILES string of the molecule is CCNC(=NCC(C)C)NCCc1ccc(OC)c(OC(F)F)c1. The number of alkyl halides is 2. The molecule has 24 heavy (non-hydrogen) atoms. The van der Waals surface area contributed by atoms with E-state index in [1.165, 1.54) is 7.11 Å². The van der Waals surface area contributed by atoms with Crippen LogP contribution in [0.25, 0.3) is 0 Å². The second kappa shape index (κ2) is 10.7. The summed E-state index contributed by atoms with van der Waals surface area (Å²) >= 11 is 0. The zero-order valence-corrected chi connectivity index (χ0v) is 14.7. The molecule has 0 bridgehead atoms. The molecule has 2 N–H and O–H groups in total. The van der Waals surface area contributed by atoms with E-state index in [0.717, 1.165) is 24.6 Å². The molecule has 1 rings (SSSR count). The molecule has 0 saturated heterocycles. The molecule has 7 heteroatoms. The van der Waals surface area contributed by atoms with Crippen molar-refractivity contribution in [3.8, 4) is 11.5 Å². The summed E-state index contributed by atoms with van der Waals surface area (Å²) in [6.07, 6.45) is 0.648. The number of hydrogen-bond acceptors (Lipinski definition) is 3. The third-order valence-corrected chi connectivity index (χ3v) is 3.11. The van der Waals surface area contributed by atoms with Gasteiger partial charge in [0, 0.05) is 19.6 Å². The number of methoxy groups -OCH3 is 1. The molecule has 1 aromatic carbocycles. The van der Waals surface area contributed by atoms with Gasteiger partial charge in [0.15, 0.2) is 17.5 Å². The highest BCUT2D eigenvalue weighted by Gasteiger charge is 2.11. The molecular formula is C17H27F2N3O2. The van der Waals surface area contributed by atoms with E-state index in [2.05, 4.69) is 34.2 Å². The largest absolute Gasteiger partial charge is 0.493 e. The maximum absolute atomic E-state index is 12.4. The van der Waals surface area contributed by atoms with Gasteiger partial charge < -0.3 is 20.1 Å². The molecule has 0 fully saturated rings. The minimum absolute atomic E-state index is 0.0466. The highest BCUT2D eigenvalue weighted by molar-refractivity contribution is 5.79. The standard InChI is InChI=1S/C17H27F2N3O2/c1-5-20-17(22-11-12(2)3)21-9-8-13-6-7-14(23-4)15(10-13)24-16(18)19/h6-7,10,12,16H,5,8-9,11H2,1-4H3,(H2,20,21,22). The van der Waals surface area contributed by atoms with Crippen LogP contribution in [0.3, 0.4) is 0 Å². The normalized spacial score (nSPS) is 11.8. The minimum atomic E-state index is -2.88. The summed E-state index contributed by atoms with van der Waals surface area (Å²) in [5, 5.41) is 6.41. The molecule has 0 aliphatic heterocycles. The van der Waals surface area contributed by atoms with Crippen LogP contribution in [0.4, 0.5) is 8.78 Å². The maximum Gasteiger partial charge on any atom is 0.387 e. The molecular weight excluding hydrogens is 316 g/mol. The van der Waals surface area contributed by atoms with Crippen molar-refractivity contribution in [1.82, 2.24) is 10.6 Å². The molecule has 0 unspecified atom stereocenters. The summed E-state index contributed by atoms with van der Waals surface area (Å²) in [4.78, 5) is 4.48. The molecule has 0 radical (unpaired) electrons. The van der Waals surface area contributed by atoms with Crippen LogP contribution in [-0.4, -0.2) is 39.3 Å². The van der Waals surface area contributed by atoms with Gasteiger partial charge in [-0.3, -0.25) is 4.99 Å². The van der Waals surface area contributed by atoms with E-state index in [-0.39, 0.29) is 5.75 Å². The van der Waals surface area contributed by atoms with Crippen molar-refractivity contribution < 1.29 is 18.3 Å². The van der Waals surface area contributed by atoms with E-state index >= 15 is 0 Å². The van der Waals surface area contributed by atoms with Crippen LogP contribution in [-0.2, 0) is 6.42 Å². The first-order valence-electron chi connectivity index (χ1n) is 8.10. The molecule has 0 aromatic heterocycles. The number of nitrogens with zero attached hydrogens (tertiary/aromatic N) is 1. The Hall–Kier alpha value is -2.05. The van der Waals surface area contributed by atoms with E-state index < -0.39 is 6.61 Å². The number of benzene rings is 1. The van der Waals surface area contributed by atoms with Crippen LogP contribution in [0, 0.1) is 5.92 Å². The Kier molecular flexibility index (Phi) is 8.89. The molecule has 1 aromatic rings. The number of aliphatic imine (C=N–C) groups is 1. The first-order valence-corrected chi connectivity index (χ1v) is 8.10. The number of halogens is 2. The highest BCUT2D eigenvalue weighted by atomic mass is 19.3. The Balaban J connectivity index is 2.64. The van der Waals surface area contributed by atoms with E-state index in [4.69, 9.17) is 4.74 Å². The smallest absolute Gasteiger partial charge is 0.387 e. The van der Waals surface area contributed by atoms with Crippen molar-refractivity contribution in [2.75, 3.05) is 26.7 Å². The predicted molar refractivity (Wildman–Crippen MR) is 92.1 cm³/mol. The van der Waals surface area contributed by atoms with Gasteiger partial charge in [-0.1, -0.05) is 19.9 Å². The number of nitrogens with one attached hydrogen (secondary N) is 2.